The summed E-state index contributed by atoms with van der Waals surface area (Å²) in [6.07, 6.45) is 0. The van der Waals surface area contributed by atoms with Crippen molar-refractivity contribution >= 4 is 0 Å². The molecule has 0 aliphatic rings. The minimum atomic E-state index is 0.309. The molecule has 0 bridgehead atoms. The molecule has 128 valence electrons. The van der Waals surface area contributed by atoms with E-state index in [1.807, 2.05) is 62.4 Å². The van der Waals surface area contributed by atoms with Crippen LogP contribution in [0.4, 0.5) is 0 Å². The van der Waals surface area contributed by atoms with Crippen LogP contribution in [0, 0.1) is 13.8 Å². The van der Waals surface area contributed by atoms with Crippen LogP contribution in [-0.4, -0.2) is 5.11 Å². The Morgan fingerprint density at radius 2 is 1.40 bits per heavy atom. The van der Waals surface area contributed by atoms with Crippen molar-refractivity contribution < 1.29 is 9.84 Å². The number of benzene rings is 3. The quantitative estimate of drug-likeness (QED) is 0.711. The van der Waals surface area contributed by atoms with E-state index in [9.17, 15) is 5.11 Å². The minimum absolute atomic E-state index is 0.309. The second-order valence-corrected chi connectivity index (χ2v) is 6.19. The van der Waals surface area contributed by atoms with Crippen LogP contribution < -0.4 is 10.5 Å². The molecule has 0 heterocycles. The first kappa shape index (κ1) is 17.1. The maximum atomic E-state index is 9.98. The van der Waals surface area contributed by atoms with Gasteiger partial charge >= 0.3 is 0 Å². The molecule has 25 heavy (non-hydrogen) atoms. The van der Waals surface area contributed by atoms with Crippen LogP contribution >= 0.6 is 0 Å². The number of phenolic OH excluding ortho intramolecular Hbond substituents is 1. The van der Waals surface area contributed by atoms with Crippen LogP contribution in [-0.2, 0) is 13.2 Å². The average molecular weight is 333 g/mol. The van der Waals surface area contributed by atoms with Crippen LogP contribution in [0.25, 0.3) is 11.1 Å². The fourth-order valence-corrected chi connectivity index (χ4v) is 2.91. The van der Waals surface area contributed by atoms with Gasteiger partial charge in [0.05, 0.1) is 0 Å². The van der Waals surface area contributed by atoms with E-state index in [1.165, 1.54) is 0 Å². The van der Waals surface area contributed by atoms with Crippen LogP contribution in [0.3, 0.4) is 0 Å². The van der Waals surface area contributed by atoms with Gasteiger partial charge in [0.15, 0.2) is 0 Å². The van der Waals surface area contributed by atoms with Gasteiger partial charge in [0.1, 0.15) is 18.1 Å². The average Bonchev–Trinajstić information content (AvgIpc) is 2.64. The highest BCUT2D eigenvalue weighted by atomic mass is 16.5. The molecule has 0 aliphatic carbocycles. The fourth-order valence-electron chi connectivity index (χ4n) is 2.91. The van der Waals surface area contributed by atoms with Crippen molar-refractivity contribution in [2.45, 2.75) is 27.0 Å². The summed E-state index contributed by atoms with van der Waals surface area (Å²) in [4.78, 5) is 0. The summed E-state index contributed by atoms with van der Waals surface area (Å²) in [6, 6.07) is 19.7. The lowest BCUT2D eigenvalue weighted by Gasteiger charge is -2.15. The summed E-state index contributed by atoms with van der Waals surface area (Å²) < 4.78 is 6.03. The normalized spacial score (nSPS) is 10.7. The molecule has 0 radical (unpaired) electrons. The Kier molecular flexibility index (Phi) is 5.05. The smallest absolute Gasteiger partial charge is 0.123 e. The van der Waals surface area contributed by atoms with E-state index in [-0.39, 0.29) is 0 Å². The Bertz CT molecular complexity index is 870. The fraction of sp³-hybridized carbons (Fsp3) is 0.182. The first-order valence-corrected chi connectivity index (χ1v) is 8.39. The second kappa shape index (κ2) is 7.41. The highest BCUT2D eigenvalue weighted by molar-refractivity contribution is 5.74. The third kappa shape index (κ3) is 3.67. The van der Waals surface area contributed by atoms with E-state index in [2.05, 4.69) is 6.07 Å². The van der Waals surface area contributed by atoms with Gasteiger partial charge in [0.25, 0.3) is 0 Å². The summed E-state index contributed by atoms with van der Waals surface area (Å²) >= 11 is 0. The van der Waals surface area contributed by atoms with E-state index in [0.717, 1.165) is 39.1 Å². The largest absolute Gasteiger partial charge is 0.508 e. The summed E-state index contributed by atoms with van der Waals surface area (Å²) in [7, 11) is 0. The zero-order chi connectivity index (χ0) is 17.8. The molecule has 0 saturated carbocycles. The highest BCUT2D eigenvalue weighted by Gasteiger charge is 2.11. The van der Waals surface area contributed by atoms with Gasteiger partial charge in [0, 0.05) is 6.54 Å². The molecule has 0 atom stereocenters. The Morgan fingerprint density at radius 3 is 2.08 bits per heavy atom. The van der Waals surface area contributed by atoms with E-state index >= 15 is 0 Å². The minimum Gasteiger partial charge on any atom is -0.508 e. The molecule has 3 rings (SSSR count). The number of aromatic hydroxyl groups is 1. The third-order valence-electron chi connectivity index (χ3n) is 4.53. The van der Waals surface area contributed by atoms with Gasteiger partial charge in [-0.2, -0.15) is 0 Å². The summed E-state index contributed by atoms with van der Waals surface area (Å²) in [6.45, 7) is 5.03. The zero-order valence-electron chi connectivity index (χ0n) is 14.6. The van der Waals surface area contributed by atoms with Crippen molar-refractivity contribution in [2.24, 2.45) is 5.73 Å². The van der Waals surface area contributed by atoms with E-state index in [1.54, 1.807) is 6.07 Å². The Balaban J connectivity index is 1.84. The molecule has 0 aliphatic heterocycles. The lowest BCUT2D eigenvalue weighted by Crippen LogP contribution is -2.00. The molecule has 3 nitrogen and oxygen atoms in total. The van der Waals surface area contributed by atoms with Gasteiger partial charge < -0.3 is 15.6 Å². The summed E-state index contributed by atoms with van der Waals surface area (Å²) in [5, 5.41) is 9.98. The Morgan fingerprint density at radius 1 is 0.800 bits per heavy atom. The number of ether oxygens (including phenoxy) is 1. The van der Waals surface area contributed by atoms with Crippen molar-refractivity contribution in [2.75, 3.05) is 0 Å². The summed E-state index contributed by atoms with van der Waals surface area (Å²) in [5.74, 6) is 1.16. The number of rotatable bonds is 5. The SMILES string of the molecule is Cc1c(O)cccc1-c1cccc(OCc2ccc(CN)cc2)c1C. The van der Waals surface area contributed by atoms with E-state index < -0.39 is 0 Å². The molecule has 0 saturated heterocycles. The number of hydrogen-bond donors (Lipinski definition) is 2. The van der Waals surface area contributed by atoms with Crippen LogP contribution in [0.15, 0.2) is 60.7 Å². The predicted octanol–water partition coefficient (Wildman–Crippen LogP) is 4.71. The maximum absolute atomic E-state index is 9.98. The number of phenols is 1. The van der Waals surface area contributed by atoms with Gasteiger partial charge in [-0.1, -0.05) is 48.5 Å². The van der Waals surface area contributed by atoms with Crippen molar-refractivity contribution in [3.8, 4) is 22.6 Å². The molecule has 0 spiro atoms. The molecular formula is C22H23NO2. The predicted molar refractivity (Wildman–Crippen MR) is 102 cm³/mol. The lowest BCUT2D eigenvalue weighted by molar-refractivity contribution is 0.304. The topological polar surface area (TPSA) is 55.5 Å². The second-order valence-electron chi connectivity index (χ2n) is 6.19. The number of nitrogens with two attached hydrogens (primary N) is 1. The van der Waals surface area contributed by atoms with Crippen LogP contribution in [0.5, 0.6) is 11.5 Å². The van der Waals surface area contributed by atoms with E-state index in [4.69, 9.17) is 10.5 Å². The molecule has 3 aromatic carbocycles. The first-order valence-electron chi connectivity index (χ1n) is 8.39. The molecule has 3 N–H and O–H groups in total. The van der Waals surface area contributed by atoms with Gasteiger partial charge in [-0.15, -0.1) is 0 Å². The molecular weight excluding hydrogens is 310 g/mol. The third-order valence-corrected chi connectivity index (χ3v) is 4.53. The molecule has 3 aromatic rings. The number of hydrogen-bond acceptors (Lipinski definition) is 3. The van der Waals surface area contributed by atoms with Crippen molar-refractivity contribution in [3.63, 3.8) is 0 Å². The first-order chi connectivity index (χ1) is 12.1. The lowest BCUT2D eigenvalue weighted by atomic mass is 9.95. The van der Waals surface area contributed by atoms with Crippen LogP contribution in [0.1, 0.15) is 22.3 Å². The van der Waals surface area contributed by atoms with Crippen molar-refractivity contribution in [1.82, 2.24) is 0 Å². The molecule has 3 heteroatoms. The summed E-state index contributed by atoms with van der Waals surface area (Å²) in [5.41, 5.74) is 11.9. The van der Waals surface area contributed by atoms with E-state index in [0.29, 0.717) is 18.9 Å². The van der Waals surface area contributed by atoms with Crippen molar-refractivity contribution in [1.29, 1.82) is 0 Å². The maximum Gasteiger partial charge on any atom is 0.123 e. The Hall–Kier alpha value is -2.78. The van der Waals surface area contributed by atoms with Gasteiger partial charge in [0.2, 0.25) is 0 Å². The highest BCUT2D eigenvalue weighted by Crippen LogP contribution is 2.35. The molecule has 0 unspecified atom stereocenters. The Labute approximate surface area is 148 Å². The molecule has 0 aromatic heterocycles. The molecule has 0 amide bonds. The van der Waals surface area contributed by atoms with Crippen molar-refractivity contribution in [3.05, 3.63) is 82.9 Å². The van der Waals surface area contributed by atoms with Gasteiger partial charge in [-0.3, -0.25) is 0 Å². The van der Waals surface area contributed by atoms with Gasteiger partial charge in [-0.25, -0.2) is 0 Å². The van der Waals surface area contributed by atoms with Crippen LogP contribution in [0.2, 0.25) is 0 Å². The zero-order valence-corrected chi connectivity index (χ0v) is 14.6. The monoisotopic (exact) mass is 333 g/mol. The standard InChI is InChI=1S/C22H23NO2/c1-15-19(5-3-7-21(15)24)20-6-4-8-22(16(20)2)25-14-18-11-9-17(13-23)10-12-18/h3-12,24H,13-14,23H2,1-2H3. The van der Waals surface area contributed by atoms with Gasteiger partial charge in [-0.05, 0) is 59.4 Å². The molecule has 0 fully saturated rings.